The quantitative estimate of drug-likeness (QED) is 0.437. The van der Waals surface area contributed by atoms with Gasteiger partial charge in [0.05, 0.1) is 10.7 Å². The van der Waals surface area contributed by atoms with Crippen molar-refractivity contribution in [1.82, 2.24) is 9.88 Å². The Kier molecular flexibility index (Phi) is 6.41. The number of hydrogen-bond acceptors (Lipinski definition) is 3. The van der Waals surface area contributed by atoms with E-state index in [4.69, 9.17) is 5.73 Å². The largest absolute Gasteiger partial charge is 0.370 e. The van der Waals surface area contributed by atoms with Crippen molar-refractivity contribution in [3.8, 4) is 11.3 Å². The summed E-state index contributed by atoms with van der Waals surface area (Å²) in [6.07, 6.45) is 3.39. The number of thiazole rings is 1. The van der Waals surface area contributed by atoms with Crippen LogP contribution in [0.3, 0.4) is 0 Å². The lowest BCUT2D eigenvalue weighted by Crippen LogP contribution is -2.35. The first-order chi connectivity index (χ1) is 10.6. The van der Waals surface area contributed by atoms with E-state index in [-0.39, 0.29) is 24.0 Å². The molecule has 0 saturated heterocycles. The highest BCUT2D eigenvalue weighted by atomic mass is 127. The summed E-state index contributed by atoms with van der Waals surface area (Å²) >= 11 is 1.68. The minimum Gasteiger partial charge on any atom is -0.370 e. The van der Waals surface area contributed by atoms with Gasteiger partial charge >= 0.3 is 0 Å². The van der Waals surface area contributed by atoms with Gasteiger partial charge in [-0.15, -0.1) is 35.3 Å². The van der Waals surface area contributed by atoms with E-state index < -0.39 is 0 Å². The first-order valence-corrected chi connectivity index (χ1v) is 8.55. The molecule has 1 heterocycles. The van der Waals surface area contributed by atoms with E-state index >= 15 is 0 Å². The van der Waals surface area contributed by atoms with Crippen molar-refractivity contribution in [3.63, 3.8) is 0 Å². The monoisotopic (exact) mass is 442 g/mol. The molecule has 2 aromatic rings. The fraction of sp³-hybridized carbons (Fsp3) is 0.412. The standard InChI is InChI=1S/C17H22N4S.HI/c1-12-20-16(11-22-12)14-5-3-13(4-6-14)9-10-19-17(18)21(2)15-7-8-15;/h3-6,11,15H,7-10H2,1-2H3,(H2,18,19);1H. The highest BCUT2D eigenvalue weighted by Gasteiger charge is 2.27. The Hall–Kier alpha value is -1.15. The number of nitrogens with two attached hydrogens (primary N) is 1. The maximum absolute atomic E-state index is 5.99. The zero-order chi connectivity index (χ0) is 15.5. The van der Waals surface area contributed by atoms with E-state index in [0.717, 1.165) is 23.7 Å². The second-order valence-corrected chi connectivity index (χ2v) is 6.84. The summed E-state index contributed by atoms with van der Waals surface area (Å²) in [4.78, 5) is 11.1. The molecule has 1 aromatic heterocycles. The summed E-state index contributed by atoms with van der Waals surface area (Å²) in [7, 11) is 2.03. The van der Waals surface area contributed by atoms with Gasteiger partial charge in [0.1, 0.15) is 0 Å². The van der Waals surface area contributed by atoms with Gasteiger partial charge in [-0.1, -0.05) is 24.3 Å². The lowest BCUT2D eigenvalue weighted by molar-refractivity contribution is 0.487. The van der Waals surface area contributed by atoms with Crippen LogP contribution in [0, 0.1) is 6.92 Å². The molecule has 0 radical (unpaired) electrons. The van der Waals surface area contributed by atoms with Crippen molar-refractivity contribution in [1.29, 1.82) is 0 Å². The molecule has 1 fully saturated rings. The predicted octanol–water partition coefficient (Wildman–Crippen LogP) is 3.69. The highest BCUT2D eigenvalue weighted by molar-refractivity contribution is 14.0. The third kappa shape index (κ3) is 4.91. The molecule has 3 rings (SSSR count). The molecular weight excluding hydrogens is 419 g/mol. The Labute approximate surface area is 158 Å². The van der Waals surface area contributed by atoms with Gasteiger partial charge in [-0.05, 0) is 31.7 Å². The molecule has 6 heteroatoms. The zero-order valence-corrected chi connectivity index (χ0v) is 16.7. The predicted molar refractivity (Wildman–Crippen MR) is 109 cm³/mol. The molecule has 0 spiro atoms. The van der Waals surface area contributed by atoms with E-state index in [1.165, 1.54) is 24.0 Å². The molecule has 124 valence electrons. The fourth-order valence-electron chi connectivity index (χ4n) is 2.40. The molecule has 0 amide bonds. The number of halogens is 1. The molecule has 0 atom stereocenters. The van der Waals surface area contributed by atoms with Crippen molar-refractivity contribution >= 4 is 41.3 Å². The average molecular weight is 442 g/mol. The summed E-state index contributed by atoms with van der Waals surface area (Å²) in [5.41, 5.74) is 9.50. The molecule has 1 saturated carbocycles. The van der Waals surface area contributed by atoms with Gasteiger partial charge in [-0.2, -0.15) is 0 Å². The van der Waals surface area contributed by atoms with E-state index in [2.05, 4.69) is 44.5 Å². The Bertz CT molecular complexity index is 661. The van der Waals surface area contributed by atoms with Crippen LogP contribution in [-0.2, 0) is 6.42 Å². The van der Waals surface area contributed by atoms with Crippen molar-refractivity contribution in [3.05, 3.63) is 40.2 Å². The Balaban J connectivity index is 0.00000192. The number of benzene rings is 1. The van der Waals surface area contributed by atoms with Crippen LogP contribution in [0.2, 0.25) is 0 Å². The van der Waals surface area contributed by atoms with Gasteiger partial charge in [0.15, 0.2) is 5.96 Å². The van der Waals surface area contributed by atoms with Crippen LogP contribution >= 0.6 is 35.3 Å². The normalized spacial score (nSPS) is 14.4. The molecule has 1 aromatic carbocycles. The minimum atomic E-state index is 0. The molecule has 0 aliphatic heterocycles. The number of aromatic nitrogens is 1. The lowest BCUT2D eigenvalue weighted by atomic mass is 10.1. The maximum atomic E-state index is 5.99. The number of nitrogens with zero attached hydrogens (tertiary/aromatic N) is 3. The number of aryl methyl sites for hydroxylation is 1. The number of aliphatic imine (C=N–C) groups is 1. The first-order valence-electron chi connectivity index (χ1n) is 7.67. The van der Waals surface area contributed by atoms with Crippen molar-refractivity contribution in [2.45, 2.75) is 32.2 Å². The zero-order valence-electron chi connectivity index (χ0n) is 13.5. The number of guanidine groups is 1. The minimum absolute atomic E-state index is 0. The number of hydrogen-bond donors (Lipinski definition) is 1. The van der Waals surface area contributed by atoms with Gasteiger partial charge in [-0.3, -0.25) is 4.99 Å². The third-order valence-electron chi connectivity index (χ3n) is 4.00. The SMILES string of the molecule is Cc1nc(-c2ccc(CCN=C(N)N(C)C3CC3)cc2)cs1.I. The summed E-state index contributed by atoms with van der Waals surface area (Å²) in [5, 5.41) is 3.20. The molecule has 23 heavy (non-hydrogen) atoms. The van der Waals surface area contributed by atoms with Crippen molar-refractivity contribution in [2.24, 2.45) is 10.7 Å². The van der Waals surface area contributed by atoms with E-state index in [0.29, 0.717) is 12.0 Å². The van der Waals surface area contributed by atoms with Gasteiger partial charge in [0.2, 0.25) is 0 Å². The summed E-state index contributed by atoms with van der Waals surface area (Å²) < 4.78 is 0. The molecule has 1 aliphatic carbocycles. The average Bonchev–Trinajstić information content (AvgIpc) is 3.29. The number of rotatable bonds is 5. The molecule has 2 N–H and O–H groups in total. The topological polar surface area (TPSA) is 54.5 Å². The van der Waals surface area contributed by atoms with Gasteiger partial charge in [-0.25, -0.2) is 4.98 Å². The smallest absolute Gasteiger partial charge is 0.191 e. The van der Waals surface area contributed by atoms with Gasteiger partial charge in [0.25, 0.3) is 0 Å². The Morgan fingerprint density at radius 2 is 2.04 bits per heavy atom. The van der Waals surface area contributed by atoms with E-state index in [9.17, 15) is 0 Å². The van der Waals surface area contributed by atoms with Crippen LogP contribution in [0.25, 0.3) is 11.3 Å². The molecule has 4 nitrogen and oxygen atoms in total. The second kappa shape index (κ2) is 8.10. The Morgan fingerprint density at radius 1 is 1.35 bits per heavy atom. The first kappa shape index (κ1) is 18.2. The summed E-state index contributed by atoms with van der Waals surface area (Å²) in [5.74, 6) is 0.664. The molecule has 0 bridgehead atoms. The van der Waals surface area contributed by atoms with Crippen molar-refractivity contribution in [2.75, 3.05) is 13.6 Å². The van der Waals surface area contributed by atoms with Crippen molar-refractivity contribution < 1.29 is 0 Å². The van der Waals surface area contributed by atoms with Crippen LogP contribution < -0.4 is 5.73 Å². The summed E-state index contributed by atoms with van der Waals surface area (Å²) in [6.45, 7) is 2.77. The maximum Gasteiger partial charge on any atom is 0.191 e. The van der Waals surface area contributed by atoms with Crippen LogP contribution in [-0.4, -0.2) is 35.5 Å². The Morgan fingerprint density at radius 3 is 2.61 bits per heavy atom. The van der Waals surface area contributed by atoms with E-state index in [1.54, 1.807) is 11.3 Å². The fourth-order valence-corrected chi connectivity index (χ4v) is 3.02. The third-order valence-corrected chi connectivity index (χ3v) is 4.77. The second-order valence-electron chi connectivity index (χ2n) is 5.78. The van der Waals surface area contributed by atoms with Crippen LogP contribution in [0.1, 0.15) is 23.4 Å². The lowest BCUT2D eigenvalue weighted by Gasteiger charge is -2.16. The van der Waals surface area contributed by atoms with E-state index in [1.807, 2.05) is 14.0 Å². The summed E-state index contributed by atoms with van der Waals surface area (Å²) in [6, 6.07) is 9.19. The highest BCUT2D eigenvalue weighted by Crippen LogP contribution is 2.25. The van der Waals surface area contributed by atoms with Crippen LogP contribution in [0.5, 0.6) is 0 Å². The van der Waals surface area contributed by atoms with Crippen LogP contribution in [0.15, 0.2) is 34.6 Å². The van der Waals surface area contributed by atoms with Gasteiger partial charge < -0.3 is 10.6 Å². The molecule has 0 unspecified atom stereocenters. The van der Waals surface area contributed by atoms with Crippen LogP contribution in [0.4, 0.5) is 0 Å². The molecule has 1 aliphatic rings. The molecular formula is C17H23IN4S. The van der Waals surface area contributed by atoms with Gasteiger partial charge in [0, 0.05) is 30.6 Å².